The molecule has 0 bridgehead atoms. The average molecular weight is 817 g/mol. The van der Waals surface area contributed by atoms with E-state index in [1.54, 1.807) is 0 Å². The van der Waals surface area contributed by atoms with Gasteiger partial charge in [-0.2, -0.15) is 0 Å². The number of carboxylic acids is 2. The highest BCUT2D eigenvalue weighted by Gasteiger charge is 2.25. The number of carbonyl (C=O) groups is 5. The largest absolute Gasteiger partial charge is 0.511 e. The summed E-state index contributed by atoms with van der Waals surface area (Å²) in [6.07, 6.45) is 9.85. The summed E-state index contributed by atoms with van der Waals surface area (Å²) in [6, 6.07) is -0.533. The Balaban J connectivity index is -0.00000105. The Kier molecular flexibility index (Phi) is 43.7. The minimum Gasteiger partial charge on any atom is -0.511 e. The van der Waals surface area contributed by atoms with Crippen LogP contribution in [-0.2, 0) is 38.2 Å². The second kappa shape index (κ2) is 42.7. The molecule has 0 aromatic rings. The second-order valence-electron chi connectivity index (χ2n) is 13.5. The van der Waals surface area contributed by atoms with Crippen molar-refractivity contribution in [1.29, 1.82) is 0 Å². The summed E-state index contributed by atoms with van der Waals surface area (Å²) >= 11 is 0. The van der Waals surface area contributed by atoms with E-state index < -0.39 is 18.0 Å². The van der Waals surface area contributed by atoms with Crippen LogP contribution < -0.4 is 5.32 Å². The fourth-order valence-electron chi connectivity index (χ4n) is 5.21. The zero-order valence-electron chi connectivity index (χ0n) is 36.0. The van der Waals surface area contributed by atoms with Gasteiger partial charge in [-0.3, -0.25) is 29.1 Å². The van der Waals surface area contributed by atoms with E-state index in [-0.39, 0.29) is 18.6 Å². The van der Waals surface area contributed by atoms with Gasteiger partial charge in [0.15, 0.2) is 7.85 Å². The first kappa shape index (κ1) is 58.4. The van der Waals surface area contributed by atoms with Gasteiger partial charge in [0, 0.05) is 52.7 Å². The highest BCUT2D eigenvalue weighted by atomic mass is 16.5. The number of amides is 1. The smallest absolute Gasteiger partial charge is 0.320 e. The Bertz CT molecular complexity index is 1030. The van der Waals surface area contributed by atoms with E-state index in [9.17, 15) is 39.3 Å². The summed E-state index contributed by atoms with van der Waals surface area (Å²) in [5, 5.41) is 39.2. The number of aliphatic hydroxyl groups is 2. The Labute approximate surface area is 344 Å². The highest BCUT2D eigenvalue weighted by Crippen LogP contribution is 2.28. The monoisotopic (exact) mass is 817 g/mol. The Morgan fingerprint density at radius 1 is 0.772 bits per heavy atom. The summed E-state index contributed by atoms with van der Waals surface area (Å²) in [6.45, 7) is 17.6. The molecule has 1 fully saturated rings. The van der Waals surface area contributed by atoms with Gasteiger partial charge in [0.2, 0.25) is 6.41 Å². The van der Waals surface area contributed by atoms with E-state index in [1.165, 1.54) is 0 Å². The quantitative estimate of drug-likeness (QED) is 0.0273. The van der Waals surface area contributed by atoms with Crippen LogP contribution in [0.15, 0.2) is 11.3 Å². The maximum atomic E-state index is 11.8. The molecule has 332 valence electrons. The molecule has 0 aromatic carbocycles. The first-order chi connectivity index (χ1) is 27.4. The Morgan fingerprint density at radius 2 is 1.32 bits per heavy atom. The molecule has 57 heavy (non-hydrogen) atoms. The summed E-state index contributed by atoms with van der Waals surface area (Å²) < 4.78 is 15.4. The number of hydrogen-bond acceptors (Lipinski definition) is 13. The van der Waals surface area contributed by atoms with Crippen molar-refractivity contribution in [3.8, 4) is 0 Å². The third kappa shape index (κ3) is 37.1. The second-order valence-corrected chi connectivity index (χ2v) is 13.5. The molecule has 1 rings (SSSR count). The summed E-state index contributed by atoms with van der Waals surface area (Å²) in [5.74, 6) is -0.602. The summed E-state index contributed by atoms with van der Waals surface area (Å²) in [7, 11) is 5.93. The van der Waals surface area contributed by atoms with Crippen molar-refractivity contribution in [2.24, 2.45) is 5.92 Å². The molecule has 1 aliphatic carbocycles. The summed E-state index contributed by atoms with van der Waals surface area (Å²) in [4.78, 5) is 58.8. The predicted octanol–water partition coefficient (Wildman–Crippen LogP) is 3.14. The molecule has 17 heteroatoms. The molecule has 16 nitrogen and oxygen atoms in total. The zero-order valence-corrected chi connectivity index (χ0v) is 36.0. The van der Waals surface area contributed by atoms with Crippen LogP contribution in [0.2, 0.25) is 0 Å². The molecular weight excluding hydrogens is 739 g/mol. The number of ether oxygens (including phenoxy) is 3. The van der Waals surface area contributed by atoms with Crippen molar-refractivity contribution in [3.63, 3.8) is 0 Å². The molecule has 0 saturated heterocycles. The number of allylic oxidation sites excluding steroid dienone is 1. The van der Waals surface area contributed by atoms with Gasteiger partial charge in [-0.15, -0.1) is 0 Å². The van der Waals surface area contributed by atoms with Gasteiger partial charge in [0.25, 0.3) is 0 Å². The van der Waals surface area contributed by atoms with Crippen LogP contribution in [0.1, 0.15) is 98.8 Å². The first-order valence-corrected chi connectivity index (χ1v) is 20.5. The lowest BCUT2D eigenvalue weighted by Crippen LogP contribution is -2.47. The minimum absolute atomic E-state index is 0.0717. The van der Waals surface area contributed by atoms with Crippen LogP contribution in [0.25, 0.3) is 0 Å². The van der Waals surface area contributed by atoms with Gasteiger partial charge in [0.1, 0.15) is 18.1 Å². The standard InChI is InChI=1S/C26H49N3O5.C10H18BNO5.C3H6O.CH4O/c1-5-9-23(26(33)34)29(13-6-2)18-17-28(20-25(31)32)16-15-27(14-12-21(4)7-3)19-24(30)22-10-8-11-22;11-10(14)1-3-15-5-7-17-8-6-16-4-2-12-9-13;1-2-3-4;1-2/h21,23,30H,5-20H2,1-4H3,(H,31,32)(H,33,34);9H,1-8H2,(H,12,13);3H,2H2,1H3;2H,1H3. The number of carbonyl (C=O) groups excluding carboxylic acids is 3. The van der Waals surface area contributed by atoms with E-state index >= 15 is 0 Å². The average Bonchev–Trinajstić information content (AvgIpc) is 3.16. The molecule has 0 aliphatic heterocycles. The molecule has 1 saturated carbocycles. The van der Waals surface area contributed by atoms with Crippen LogP contribution in [0.3, 0.4) is 0 Å². The fraction of sp³-hybridized carbons (Fsp3) is 0.825. The molecule has 0 aromatic heterocycles. The van der Waals surface area contributed by atoms with Gasteiger partial charge in [-0.05, 0) is 63.1 Å². The van der Waals surface area contributed by atoms with Crippen LogP contribution in [0, 0.1) is 5.92 Å². The van der Waals surface area contributed by atoms with E-state index in [2.05, 4.69) is 24.1 Å². The lowest BCUT2D eigenvalue weighted by molar-refractivity contribution is -0.144. The fourth-order valence-corrected chi connectivity index (χ4v) is 5.21. The van der Waals surface area contributed by atoms with Crippen LogP contribution in [0.5, 0.6) is 0 Å². The first-order valence-electron chi connectivity index (χ1n) is 20.5. The molecule has 2 atom stereocenters. The number of rotatable bonds is 34. The third-order valence-corrected chi connectivity index (χ3v) is 8.84. The molecule has 1 aliphatic rings. The Hall–Kier alpha value is -2.93. The number of aliphatic carboxylic acids is 2. The van der Waals surface area contributed by atoms with Crippen LogP contribution in [0.4, 0.5) is 0 Å². The molecule has 5 N–H and O–H groups in total. The van der Waals surface area contributed by atoms with E-state index in [0.717, 1.165) is 70.5 Å². The van der Waals surface area contributed by atoms with Crippen molar-refractivity contribution >= 4 is 38.2 Å². The van der Waals surface area contributed by atoms with Crippen molar-refractivity contribution in [2.75, 3.05) is 106 Å². The van der Waals surface area contributed by atoms with Gasteiger partial charge in [-0.1, -0.05) is 47.5 Å². The predicted molar refractivity (Wildman–Crippen MR) is 223 cm³/mol. The number of nitrogens with zero attached hydrogens (tertiary/aromatic N) is 3. The maximum Gasteiger partial charge on any atom is 0.320 e. The van der Waals surface area contributed by atoms with Crippen molar-refractivity contribution in [3.05, 3.63) is 11.3 Å². The van der Waals surface area contributed by atoms with Gasteiger partial charge in [0.05, 0.1) is 58.4 Å². The zero-order chi connectivity index (χ0) is 43.7. The molecule has 0 spiro atoms. The van der Waals surface area contributed by atoms with Crippen molar-refractivity contribution in [2.45, 2.75) is 105 Å². The minimum atomic E-state index is -0.879. The highest BCUT2D eigenvalue weighted by molar-refractivity contribution is 6.57. The topological polar surface area (TPSA) is 216 Å². The van der Waals surface area contributed by atoms with E-state index in [1.807, 2.05) is 30.6 Å². The molecule has 0 heterocycles. The van der Waals surface area contributed by atoms with Crippen molar-refractivity contribution < 1.29 is 58.6 Å². The van der Waals surface area contributed by atoms with Crippen LogP contribution in [-0.4, -0.2) is 185 Å². The van der Waals surface area contributed by atoms with Crippen molar-refractivity contribution in [1.82, 2.24) is 20.0 Å². The van der Waals surface area contributed by atoms with E-state index in [4.69, 9.17) is 27.2 Å². The number of aldehydes is 1. The summed E-state index contributed by atoms with van der Waals surface area (Å²) in [5.41, 5.74) is 0.782. The molecular formula is C40H77BN4O12. The SMILES string of the molecule is CCC=O.CCCC(C(=O)O)N(CCC)CCN(CCN(CCC(C)CC)CC(O)=C1CCC1)CC(=O)O.CO.[B]C(=O)CCOCCOCCOCCNC=O. The maximum absolute atomic E-state index is 11.8. The number of hydrogen-bond donors (Lipinski definition) is 5. The van der Waals surface area contributed by atoms with Crippen LogP contribution >= 0.6 is 0 Å². The molecule has 2 radical (unpaired) electrons. The van der Waals surface area contributed by atoms with E-state index in [0.29, 0.717) is 116 Å². The number of aliphatic hydroxyl groups excluding tert-OH is 2. The number of carboxylic acid groups (broad SMARTS) is 2. The van der Waals surface area contributed by atoms with Gasteiger partial charge in [-0.25, -0.2) is 0 Å². The Morgan fingerprint density at radius 3 is 1.75 bits per heavy atom. The van der Waals surface area contributed by atoms with Gasteiger partial charge < -0.3 is 49.5 Å². The normalized spacial score (nSPS) is 12.8. The molecule has 1 amide bonds. The third-order valence-electron chi connectivity index (χ3n) is 8.84. The lowest BCUT2D eigenvalue weighted by Gasteiger charge is -2.32. The molecule has 2 unspecified atom stereocenters. The van der Waals surface area contributed by atoms with Gasteiger partial charge >= 0.3 is 11.9 Å². The number of nitrogens with one attached hydrogen (secondary N) is 1. The lowest BCUT2D eigenvalue weighted by atomic mass is 9.91.